The molecule has 6 heteroatoms. The lowest BCUT2D eigenvalue weighted by atomic mass is 10.1. The van der Waals surface area contributed by atoms with Gasteiger partial charge in [0.25, 0.3) is 0 Å². The summed E-state index contributed by atoms with van der Waals surface area (Å²) in [5.74, 6) is 0.987. The van der Waals surface area contributed by atoms with Crippen LogP contribution < -0.4 is 14.8 Å². The first-order valence-electron chi connectivity index (χ1n) is 7.25. The number of sulfonamides is 1. The van der Waals surface area contributed by atoms with Crippen LogP contribution in [0.15, 0.2) is 23.1 Å². The third kappa shape index (κ3) is 5.30. The van der Waals surface area contributed by atoms with E-state index >= 15 is 0 Å². The Labute approximate surface area is 128 Å². The molecule has 0 aliphatic rings. The number of benzene rings is 1. The molecule has 0 spiro atoms. The van der Waals surface area contributed by atoms with Crippen LogP contribution in [-0.2, 0) is 16.4 Å². The second kappa shape index (κ2) is 8.36. The molecule has 0 saturated heterocycles. The highest BCUT2D eigenvalue weighted by molar-refractivity contribution is 7.89. The summed E-state index contributed by atoms with van der Waals surface area (Å²) in [6, 6.07) is 5.08. The molecule has 120 valence electrons. The number of likely N-dealkylation sites (N-methyl/N-ethyl adjacent to an activating group) is 1. The first kappa shape index (κ1) is 17.9. The lowest BCUT2D eigenvalue weighted by Gasteiger charge is -2.15. The highest BCUT2D eigenvalue weighted by Crippen LogP contribution is 2.22. The van der Waals surface area contributed by atoms with Crippen molar-refractivity contribution in [2.45, 2.75) is 31.6 Å². The standard InChI is InChI=1S/C15H26N2O3S/c1-5-12(2)11-17-21(18,19)15-7-6-14(20-4)10-13(15)8-9-16-3/h6-7,10,12,16-17H,5,8-9,11H2,1-4H3. The molecule has 1 rings (SSSR count). The van der Waals surface area contributed by atoms with E-state index in [1.807, 2.05) is 20.9 Å². The first-order chi connectivity index (χ1) is 9.94. The molecule has 0 fully saturated rings. The van der Waals surface area contributed by atoms with E-state index in [9.17, 15) is 8.42 Å². The molecular weight excluding hydrogens is 288 g/mol. The third-order valence-electron chi connectivity index (χ3n) is 3.52. The zero-order valence-corrected chi connectivity index (χ0v) is 14.1. The number of hydrogen-bond acceptors (Lipinski definition) is 4. The van der Waals surface area contributed by atoms with Crippen molar-refractivity contribution in [1.29, 1.82) is 0 Å². The molecule has 0 aromatic heterocycles. The van der Waals surface area contributed by atoms with E-state index in [0.29, 0.717) is 36.1 Å². The molecule has 1 atom stereocenters. The van der Waals surface area contributed by atoms with Crippen LogP contribution in [0, 0.1) is 5.92 Å². The maximum Gasteiger partial charge on any atom is 0.240 e. The summed E-state index contributed by atoms with van der Waals surface area (Å²) in [7, 11) is -0.0661. The number of rotatable bonds is 9. The van der Waals surface area contributed by atoms with Crippen LogP contribution in [0.2, 0.25) is 0 Å². The molecule has 1 aromatic rings. The first-order valence-corrected chi connectivity index (χ1v) is 8.74. The molecule has 0 heterocycles. The number of ether oxygens (including phenoxy) is 1. The van der Waals surface area contributed by atoms with Crippen molar-refractivity contribution in [3.63, 3.8) is 0 Å². The quantitative estimate of drug-likeness (QED) is 0.729. The van der Waals surface area contributed by atoms with Crippen molar-refractivity contribution in [2.75, 3.05) is 27.2 Å². The van der Waals surface area contributed by atoms with Gasteiger partial charge in [-0.05, 0) is 49.7 Å². The summed E-state index contributed by atoms with van der Waals surface area (Å²) in [5, 5.41) is 3.04. The van der Waals surface area contributed by atoms with Crippen LogP contribution in [0.4, 0.5) is 0 Å². The van der Waals surface area contributed by atoms with E-state index in [1.54, 1.807) is 25.3 Å². The smallest absolute Gasteiger partial charge is 0.240 e. The molecule has 1 aromatic carbocycles. The minimum Gasteiger partial charge on any atom is -0.497 e. The minimum absolute atomic E-state index is 0.318. The molecule has 0 aliphatic carbocycles. The highest BCUT2D eigenvalue weighted by Gasteiger charge is 2.19. The molecule has 0 radical (unpaired) electrons. The summed E-state index contributed by atoms with van der Waals surface area (Å²) < 4.78 is 32.8. The van der Waals surface area contributed by atoms with Crippen LogP contribution in [0.5, 0.6) is 5.75 Å². The van der Waals surface area contributed by atoms with Gasteiger partial charge in [0.1, 0.15) is 5.75 Å². The summed E-state index contributed by atoms with van der Waals surface area (Å²) in [4.78, 5) is 0.335. The van der Waals surface area contributed by atoms with Gasteiger partial charge in [0.2, 0.25) is 10.0 Å². The molecule has 0 bridgehead atoms. The Hall–Kier alpha value is -1.11. The summed E-state index contributed by atoms with van der Waals surface area (Å²) in [5.41, 5.74) is 0.764. The van der Waals surface area contributed by atoms with E-state index in [2.05, 4.69) is 10.0 Å². The van der Waals surface area contributed by atoms with E-state index < -0.39 is 10.0 Å². The van der Waals surface area contributed by atoms with Crippen LogP contribution in [0.25, 0.3) is 0 Å². The zero-order chi connectivity index (χ0) is 15.9. The molecule has 2 N–H and O–H groups in total. The maximum atomic E-state index is 12.5. The number of methoxy groups -OCH3 is 1. The van der Waals surface area contributed by atoms with Gasteiger partial charge in [-0.25, -0.2) is 13.1 Å². The van der Waals surface area contributed by atoms with Crippen molar-refractivity contribution in [3.8, 4) is 5.75 Å². The van der Waals surface area contributed by atoms with Crippen LogP contribution in [-0.4, -0.2) is 35.7 Å². The molecule has 0 amide bonds. The van der Waals surface area contributed by atoms with Crippen molar-refractivity contribution in [2.24, 2.45) is 5.92 Å². The summed E-state index contributed by atoms with van der Waals surface area (Å²) in [6.45, 7) is 5.24. The Morgan fingerprint density at radius 3 is 2.62 bits per heavy atom. The van der Waals surface area contributed by atoms with E-state index in [1.165, 1.54) is 0 Å². The molecule has 5 nitrogen and oxygen atoms in total. The Morgan fingerprint density at radius 1 is 1.33 bits per heavy atom. The number of hydrogen-bond donors (Lipinski definition) is 2. The fourth-order valence-electron chi connectivity index (χ4n) is 1.87. The Morgan fingerprint density at radius 2 is 2.05 bits per heavy atom. The van der Waals surface area contributed by atoms with E-state index in [4.69, 9.17) is 4.74 Å². The van der Waals surface area contributed by atoms with Gasteiger partial charge in [0.15, 0.2) is 0 Å². The highest BCUT2D eigenvalue weighted by atomic mass is 32.2. The van der Waals surface area contributed by atoms with Crippen LogP contribution in [0.3, 0.4) is 0 Å². The third-order valence-corrected chi connectivity index (χ3v) is 5.04. The van der Waals surface area contributed by atoms with Crippen LogP contribution in [0.1, 0.15) is 25.8 Å². The average Bonchev–Trinajstić information content (AvgIpc) is 2.50. The van der Waals surface area contributed by atoms with Gasteiger partial charge in [-0.1, -0.05) is 20.3 Å². The summed E-state index contributed by atoms with van der Waals surface area (Å²) in [6.07, 6.45) is 1.57. The van der Waals surface area contributed by atoms with Gasteiger partial charge in [0, 0.05) is 6.54 Å². The maximum absolute atomic E-state index is 12.5. The predicted molar refractivity (Wildman–Crippen MR) is 85.3 cm³/mol. The van der Waals surface area contributed by atoms with Crippen molar-refractivity contribution in [1.82, 2.24) is 10.0 Å². The second-order valence-corrected chi connectivity index (χ2v) is 6.93. The van der Waals surface area contributed by atoms with Gasteiger partial charge in [-0.2, -0.15) is 0 Å². The van der Waals surface area contributed by atoms with Gasteiger partial charge < -0.3 is 10.1 Å². The lowest BCUT2D eigenvalue weighted by molar-refractivity contribution is 0.413. The number of nitrogens with one attached hydrogen (secondary N) is 2. The van der Waals surface area contributed by atoms with E-state index in [-0.39, 0.29) is 0 Å². The van der Waals surface area contributed by atoms with Crippen molar-refractivity contribution in [3.05, 3.63) is 23.8 Å². The Balaban J connectivity index is 3.03. The van der Waals surface area contributed by atoms with Crippen molar-refractivity contribution >= 4 is 10.0 Å². The molecule has 0 saturated carbocycles. The van der Waals surface area contributed by atoms with Crippen molar-refractivity contribution < 1.29 is 13.2 Å². The predicted octanol–water partition coefficient (Wildman–Crippen LogP) is 1.78. The topological polar surface area (TPSA) is 67.4 Å². The zero-order valence-electron chi connectivity index (χ0n) is 13.3. The van der Waals surface area contributed by atoms with Gasteiger partial charge >= 0.3 is 0 Å². The summed E-state index contributed by atoms with van der Waals surface area (Å²) >= 11 is 0. The fourth-order valence-corrected chi connectivity index (χ4v) is 3.29. The Bertz CT molecular complexity index is 544. The van der Waals surface area contributed by atoms with Gasteiger partial charge in [0.05, 0.1) is 12.0 Å². The average molecular weight is 314 g/mol. The minimum atomic E-state index is -3.48. The van der Waals surface area contributed by atoms with Crippen LogP contribution >= 0.6 is 0 Å². The monoisotopic (exact) mass is 314 g/mol. The SMILES string of the molecule is CCC(C)CNS(=O)(=O)c1ccc(OC)cc1CCNC. The molecule has 0 aliphatic heterocycles. The molecular formula is C15H26N2O3S. The largest absolute Gasteiger partial charge is 0.497 e. The molecule has 1 unspecified atom stereocenters. The fraction of sp³-hybridized carbons (Fsp3) is 0.600. The van der Waals surface area contributed by atoms with Gasteiger partial charge in [-0.3, -0.25) is 0 Å². The second-order valence-electron chi connectivity index (χ2n) is 5.19. The molecule has 21 heavy (non-hydrogen) atoms. The normalized spacial score (nSPS) is 13.1. The van der Waals surface area contributed by atoms with Gasteiger partial charge in [-0.15, -0.1) is 0 Å². The lowest BCUT2D eigenvalue weighted by Crippen LogP contribution is -2.29. The van der Waals surface area contributed by atoms with E-state index in [0.717, 1.165) is 12.0 Å². The Kier molecular flexibility index (Phi) is 7.14.